The number of aromatic nitrogens is 2. The average Bonchev–Trinajstić information content (AvgIpc) is 2.65. The lowest BCUT2D eigenvalue weighted by Crippen LogP contribution is -2.16. The number of nitrogens with two attached hydrogens (primary N) is 1. The molecule has 0 saturated carbocycles. The maximum Gasteiger partial charge on any atom is 0.0951 e. The molecule has 1 heterocycles. The van der Waals surface area contributed by atoms with E-state index < -0.39 is 0 Å². The van der Waals surface area contributed by atoms with Crippen molar-refractivity contribution in [3.63, 3.8) is 0 Å². The first kappa shape index (κ1) is 11.2. The SMILES string of the molecule is CCCC(C)n1cncc1[C@H](N)CC. The van der Waals surface area contributed by atoms with E-state index >= 15 is 0 Å². The van der Waals surface area contributed by atoms with Gasteiger partial charge in [-0.1, -0.05) is 20.3 Å². The lowest BCUT2D eigenvalue weighted by molar-refractivity contribution is 0.467. The van der Waals surface area contributed by atoms with E-state index in [9.17, 15) is 0 Å². The van der Waals surface area contributed by atoms with Crippen LogP contribution in [-0.2, 0) is 0 Å². The van der Waals surface area contributed by atoms with Crippen LogP contribution in [0.15, 0.2) is 12.5 Å². The molecular weight excluding hydrogens is 174 g/mol. The van der Waals surface area contributed by atoms with Crippen LogP contribution in [0.4, 0.5) is 0 Å². The van der Waals surface area contributed by atoms with Gasteiger partial charge in [-0.15, -0.1) is 0 Å². The van der Waals surface area contributed by atoms with E-state index in [0.29, 0.717) is 6.04 Å². The molecule has 0 aliphatic rings. The fraction of sp³-hybridized carbons (Fsp3) is 0.727. The molecule has 1 aromatic rings. The van der Waals surface area contributed by atoms with Gasteiger partial charge in [-0.05, 0) is 19.8 Å². The highest BCUT2D eigenvalue weighted by molar-refractivity contribution is 5.05. The standard InChI is InChI=1S/C11H21N3/c1-4-6-9(3)14-8-13-7-11(14)10(12)5-2/h7-10H,4-6,12H2,1-3H3/t9?,10-/m1/s1. The van der Waals surface area contributed by atoms with Gasteiger partial charge in [0.15, 0.2) is 0 Å². The molecule has 0 radical (unpaired) electrons. The Labute approximate surface area is 86.3 Å². The third-order valence-corrected chi connectivity index (χ3v) is 2.70. The summed E-state index contributed by atoms with van der Waals surface area (Å²) in [6, 6.07) is 0.631. The molecule has 1 unspecified atom stereocenters. The lowest BCUT2D eigenvalue weighted by Gasteiger charge is -2.18. The summed E-state index contributed by atoms with van der Waals surface area (Å²) in [5.41, 5.74) is 7.17. The molecule has 0 aromatic carbocycles. The van der Waals surface area contributed by atoms with Crippen molar-refractivity contribution in [3.8, 4) is 0 Å². The molecule has 1 rings (SSSR count). The first-order valence-corrected chi connectivity index (χ1v) is 5.48. The van der Waals surface area contributed by atoms with E-state index in [2.05, 4.69) is 30.3 Å². The maximum absolute atomic E-state index is 6.01. The van der Waals surface area contributed by atoms with Crippen LogP contribution in [0.25, 0.3) is 0 Å². The summed E-state index contributed by atoms with van der Waals surface area (Å²) in [6.45, 7) is 6.52. The number of nitrogens with zero attached hydrogens (tertiary/aromatic N) is 2. The van der Waals surface area contributed by atoms with Crippen LogP contribution in [-0.4, -0.2) is 9.55 Å². The molecule has 80 valence electrons. The third-order valence-electron chi connectivity index (χ3n) is 2.70. The average molecular weight is 195 g/mol. The molecule has 14 heavy (non-hydrogen) atoms. The Kier molecular flexibility index (Phi) is 4.14. The van der Waals surface area contributed by atoms with Gasteiger partial charge in [0.1, 0.15) is 0 Å². The van der Waals surface area contributed by atoms with Crippen molar-refractivity contribution >= 4 is 0 Å². The molecule has 0 fully saturated rings. The van der Waals surface area contributed by atoms with Gasteiger partial charge in [0, 0.05) is 18.3 Å². The van der Waals surface area contributed by atoms with E-state index in [-0.39, 0.29) is 6.04 Å². The summed E-state index contributed by atoms with van der Waals surface area (Å²) in [7, 11) is 0. The minimum absolute atomic E-state index is 0.122. The smallest absolute Gasteiger partial charge is 0.0951 e. The van der Waals surface area contributed by atoms with Gasteiger partial charge in [0.25, 0.3) is 0 Å². The second-order valence-corrected chi connectivity index (χ2v) is 3.88. The summed E-state index contributed by atoms with van der Waals surface area (Å²) >= 11 is 0. The van der Waals surface area contributed by atoms with Gasteiger partial charge in [0.05, 0.1) is 12.0 Å². The molecule has 0 bridgehead atoms. The molecular formula is C11H21N3. The predicted molar refractivity (Wildman–Crippen MR) is 59.1 cm³/mol. The van der Waals surface area contributed by atoms with Gasteiger partial charge in [-0.25, -0.2) is 4.98 Å². The molecule has 2 N–H and O–H groups in total. The van der Waals surface area contributed by atoms with Gasteiger partial charge in [0.2, 0.25) is 0 Å². The second-order valence-electron chi connectivity index (χ2n) is 3.88. The van der Waals surface area contributed by atoms with Crippen LogP contribution in [0.5, 0.6) is 0 Å². The fourth-order valence-electron chi connectivity index (χ4n) is 1.74. The molecule has 0 saturated heterocycles. The van der Waals surface area contributed by atoms with Crippen LogP contribution in [0.3, 0.4) is 0 Å². The van der Waals surface area contributed by atoms with Crippen molar-refractivity contribution in [2.24, 2.45) is 5.73 Å². The third kappa shape index (κ3) is 2.35. The Morgan fingerprint density at radius 3 is 2.79 bits per heavy atom. The van der Waals surface area contributed by atoms with E-state index in [4.69, 9.17) is 5.73 Å². The Bertz CT molecular complexity index is 267. The summed E-state index contributed by atoms with van der Waals surface area (Å²) in [5.74, 6) is 0. The highest BCUT2D eigenvalue weighted by atomic mass is 15.1. The minimum atomic E-state index is 0.122. The first-order chi connectivity index (χ1) is 6.70. The topological polar surface area (TPSA) is 43.8 Å². The Morgan fingerprint density at radius 2 is 2.21 bits per heavy atom. The quantitative estimate of drug-likeness (QED) is 0.785. The summed E-state index contributed by atoms with van der Waals surface area (Å²) in [5, 5.41) is 0. The van der Waals surface area contributed by atoms with Crippen LogP contribution >= 0.6 is 0 Å². The summed E-state index contributed by atoms with van der Waals surface area (Å²) in [6.07, 6.45) is 7.12. The second kappa shape index (κ2) is 5.15. The molecule has 0 spiro atoms. The molecule has 2 atom stereocenters. The molecule has 0 aliphatic heterocycles. The number of hydrogen-bond acceptors (Lipinski definition) is 2. The highest BCUT2D eigenvalue weighted by Crippen LogP contribution is 2.20. The van der Waals surface area contributed by atoms with Crippen LogP contribution < -0.4 is 5.73 Å². The summed E-state index contributed by atoms with van der Waals surface area (Å²) < 4.78 is 2.21. The Balaban J connectivity index is 2.81. The van der Waals surface area contributed by atoms with Crippen LogP contribution in [0, 0.1) is 0 Å². The van der Waals surface area contributed by atoms with Crippen molar-refractivity contribution in [2.45, 2.75) is 52.1 Å². The van der Waals surface area contributed by atoms with E-state index in [1.54, 1.807) is 0 Å². The lowest BCUT2D eigenvalue weighted by atomic mass is 10.1. The zero-order valence-corrected chi connectivity index (χ0v) is 9.40. The van der Waals surface area contributed by atoms with Crippen molar-refractivity contribution < 1.29 is 0 Å². The Morgan fingerprint density at radius 1 is 1.50 bits per heavy atom. The van der Waals surface area contributed by atoms with Crippen molar-refractivity contribution in [2.75, 3.05) is 0 Å². The van der Waals surface area contributed by atoms with Crippen LogP contribution in [0.1, 0.15) is 57.8 Å². The maximum atomic E-state index is 6.01. The summed E-state index contributed by atoms with van der Waals surface area (Å²) in [4.78, 5) is 4.18. The molecule has 0 amide bonds. The van der Waals surface area contributed by atoms with E-state index in [1.807, 2.05) is 12.5 Å². The molecule has 1 aromatic heterocycles. The number of rotatable bonds is 5. The van der Waals surface area contributed by atoms with E-state index in [1.165, 1.54) is 12.8 Å². The monoisotopic (exact) mass is 195 g/mol. The Hall–Kier alpha value is -0.830. The zero-order valence-electron chi connectivity index (χ0n) is 9.40. The molecule has 3 heteroatoms. The first-order valence-electron chi connectivity index (χ1n) is 5.48. The van der Waals surface area contributed by atoms with Crippen molar-refractivity contribution in [1.29, 1.82) is 0 Å². The van der Waals surface area contributed by atoms with Crippen molar-refractivity contribution in [3.05, 3.63) is 18.2 Å². The normalized spacial score (nSPS) is 15.4. The molecule has 0 aliphatic carbocycles. The van der Waals surface area contributed by atoms with Gasteiger partial charge < -0.3 is 10.3 Å². The number of hydrogen-bond donors (Lipinski definition) is 1. The predicted octanol–water partition coefficient (Wildman–Crippen LogP) is 2.65. The number of imidazole rings is 1. The van der Waals surface area contributed by atoms with Crippen molar-refractivity contribution in [1.82, 2.24) is 9.55 Å². The molecule has 3 nitrogen and oxygen atoms in total. The minimum Gasteiger partial charge on any atom is -0.330 e. The largest absolute Gasteiger partial charge is 0.330 e. The fourth-order valence-corrected chi connectivity index (χ4v) is 1.74. The van der Waals surface area contributed by atoms with Gasteiger partial charge in [-0.3, -0.25) is 0 Å². The van der Waals surface area contributed by atoms with E-state index in [0.717, 1.165) is 12.1 Å². The zero-order chi connectivity index (χ0) is 10.6. The highest BCUT2D eigenvalue weighted by Gasteiger charge is 2.12. The van der Waals surface area contributed by atoms with Gasteiger partial charge in [-0.2, -0.15) is 0 Å². The van der Waals surface area contributed by atoms with Gasteiger partial charge >= 0.3 is 0 Å². The van der Waals surface area contributed by atoms with Crippen LogP contribution in [0.2, 0.25) is 0 Å².